The fourth-order valence-corrected chi connectivity index (χ4v) is 2.42. The van der Waals surface area contributed by atoms with Crippen LogP contribution in [-0.2, 0) is 0 Å². The van der Waals surface area contributed by atoms with Crippen LogP contribution in [0.5, 0.6) is 11.5 Å². The summed E-state index contributed by atoms with van der Waals surface area (Å²) < 4.78 is 11.5. The molecule has 2 N–H and O–H groups in total. The van der Waals surface area contributed by atoms with E-state index in [2.05, 4.69) is 6.07 Å². The molecule has 0 aliphatic carbocycles. The van der Waals surface area contributed by atoms with Gasteiger partial charge in [-0.05, 0) is 30.3 Å². The molecule has 0 radical (unpaired) electrons. The van der Waals surface area contributed by atoms with Gasteiger partial charge in [0, 0.05) is 11.1 Å². The summed E-state index contributed by atoms with van der Waals surface area (Å²) in [5.41, 5.74) is 7.63. The maximum Gasteiger partial charge on any atom is 0.123 e. The lowest BCUT2D eigenvalue weighted by atomic mass is 10.0. The van der Waals surface area contributed by atoms with Gasteiger partial charge in [0.25, 0.3) is 0 Å². The highest BCUT2D eigenvalue weighted by Crippen LogP contribution is 2.33. The van der Waals surface area contributed by atoms with E-state index in [9.17, 15) is 0 Å². The standard InChI is InChI=1S/C16H15NO2S/c17-16(20)11-5-7-13(8-6-11)18-9-12-10-19-15-4-2-1-3-14(12)15/h1-8,12H,9-10H2,(H2,17,20). The molecule has 0 aromatic heterocycles. The topological polar surface area (TPSA) is 44.5 Å². The molecule has 1 aliphatic heterocycles. The highest BCUT2D eigenvalue weighted by molar-refractivity contribution is 7.80. The summed E-state index contributed by atoms with van der Waals surface area (Å²) >= 11 is 4.92. The van der Waals surface area contributed by atoms with Crippen molar-refractivity contribution in [1.29, 1.82) is 0 Å². The van der Waals surface area contributed by atoms with Crippen LogP contribution in [0.3, 0.4) is 0 Å². The van der Waals surface area contributed by atoms with Crippen molar-refractivity contribution in [2.45, 2.75) is 5.92 Å². The molecule has 0 spiro atoms. The van der Waals surface area contributed by atoms with Crippen LogP contribution in [0.25, 0.3) is 0 Å². The molecule has 3 nitrogen and oxygen atoms in total. The van der Waals surface area contributed by atoms with E-state index < -0.39 is 0 Å². The first-order valence-corrected chi connectivity index (χ1v) is 6.89. The van der Waals surface area contributed by atoms with Gasteiger partial charge in [-0.2, -0.15) is 0 Å². The molecule has 20 heavy (non-hydrogen) atoms. The average molecular weight is 285 g/mol. The smallest absolute Gasteiger partial charge is 0.123 e. The summed E-state index contributed by atoms with van der Waals surface area (Å²) in [5.74, 6) is 2.06. The molecule has 1 unspecified atom stereocenters. The maximum atomic E-state index is 5.82. The zero-order chi connectivity index (χ0) is 13.9. The molecule has 1 heterocycles. The van der Waals surface area contributed by atoms with Gasteiger partial charge in [0.15, 0.2) is 0 Å². The first kappa shape index (κ1) is 12.9. The van der Waals surface area contributed by atoms with Crippen LogP contribution in [0.1, 0.15) is 17.0 Å². The number of ether oxygens (including phenoxy) is 2. The number of para-hydroxylation sites is 1. The van der Waals surface area contributed by atoms with E-state index in [0.717, 1.165) is 17.1 Å². The van der Waals surface area contributed by atoms with E-state index in [1.807, 2.05) is 42.5 Å². The highest BCUT2D eigenvalue weighted by Gasteiger charge is 2.24. The number of nitrogens with two attached hydrogens (primary N) is 1. The van der Waals surface area contributed by atoms with E-state index >= 15 is 0 Å². The van der Waals surface area contributed by atoms with E-state index in [1.165, 1.54) is 5.56 Å². The van der Waals surface area contributed by atoms with E-state index in [-0.39, 0.29) is 5.92 Å². The molecule has 102 valence electrons. The zero-order valence-electron chi connectivity index (χ0n) is 10.9. The number of thiocarbonyl (C=S) groups is 1. The second-order valence-corrected chi connectivity index (χ2v) is 5.19. The van der Waals surface area contributed by atoms with Gasteiger partial charge < -0.3 is 15.2 Å². The SMILES string of the molecule is NC(=S)c1ccc(OCC2COc3ccccc32)cc1. The third-order valence-corrected chi connectivity index (χ3v) is 3.62. The molecule has 0 amide bonds. The van der Waals surface area contributed by atoms with Crippen LogP contribution < -0.4 is 15.2 Å². The largest absolute Gasteiger partial charge is 0.493 e. The van der Waals surface area contributed by atoms with Crippen molar-refractivity contribution in [2.24, 2.45) is 5.73 Å². The fourth-order valence-electron chi connectivity index (χ4n) is 2.28. The van der Waals surface area contributed by atoms with Gasteiger partial charge in [0.05, 0.1) is 19.1 Å². The third-order valence-electron chi connectivity index (χ3n) is 3.39. The monoisotopic (exact) mass is 285 g/mol. The van der Waals surface area contributed by atoms with Gasteiger partial charge in [-0.15, -0.1) is 0 Å². The van der Waals surface area contributed by atoms with Crippen molar-refractivity contribution >= 4 is 17.2 Å². The summed E-state index contributed by atoms with van der Waals surface area (Å²) in [6.45, 7) is 1.27. The van der Waals surface area contributed by atoms with Crippen LogP contribution in [0.15, 0.2) is 48.5 Å². The molecule has 0 bridgehead atoms. The molecule has 0 saturated carbocycles. The Kier molecular flexibility index (Phi) is 3.56. The van der Waals surface area contributed by atoms with Crippen LogP contribution in [0.2, 0.25) is 0 Å². The summed E-state index contributed by atoms with van der Waals surface area (Å²) in [4.78, 5) is 0.398. The second kappa shape index (κ2) is 5.51. The van der Waals surface area contributed by atoms with Crippen LogP contribution in [0, 0.1) is 0 Å². The summed E-state index contributed by atoms with van der Waals surface area (Å²) in [7, 11) is 0. The minimum absolute atomic E-state index is 0.279. The lowest BCUT2D eigenvalue weighted by Crippen LogP contribution is -2.12. The Balaban J connectivity index is 1.64. The van der Waals surface area contributed by atoms with Gasteiger partial charge in [0.1, 0.15) is 16.5 Å². The Labute approximate surface area is 123 Å². The number of fused-ring (bicyclic) bond motifs is 1. The van der Waals surface area contributed by atoms with Crippen LogP contribution in [-0.4, -0.2) is 18.2 Å². The van der Waals surface area contributed by atoms with Crippen LogP contribution >= 0.6 is 12.2 Å². The molecule has 1 aliphatic rings. The Morgan fingerprint density at radius 2 is 1.95 bits per heavy atom. The minimum atomic E-state index is 0.279. The number of rotatable bonds is 4. The van der Waals surface area contributed by atoms with Gasteiger partial charge in [0.2, 0.25) is 0 Å². The van der Waals surface area contributed by atoms with Gasteiger partial charge in [-0.3, -0.25) is 0 Å². The minimum Gasteiger partial charge on any atom is -0.493 e. The van der Waals surface area contributed by atoms with Crippen molar-refractivity contribution in [2.75, 3.05) is 13.2 Å². The van der Waals surface area contributed by atoms with Crippen molar-refractivity contribution in [3.05, 3.63) is 59.7 Å². The van der Waals surface area contributed by atoms with E-state index in [4.69, 9.17) is 27.4 Å². The lowest BCUT2D eigenvalue weighted by molar-refractivity contribution is 0.248. The molecular weight excluding hydrogens is 270 g/mol. The zero-order valence-corrected chi connectivity index (χ0v) is 11.7. The Morgan fingerprint density at radius 1 is 1.20 bits per heavy atom. The number of hydrogen-bond acceptors (Lipinski definition) is 3. The molecule has 4 heteroatoms. The first-order valence-electron chi connectivity index (χ1n) is 6.48. The fraction of sp³-hybridized carbons (Fsp3) is 0.188. The van der Waals surface area contributed by atoms with E-state index in [0.29, 0.717) is 18.2 Å². The van der Waals surface area contributed by atoms with Crippen molar-refractivity contribution in [3.8, 4) is 11.5 Å². The van der Waals surface area contributed by atoms with Crippen LogP contribution in [0.4, 0.5) is 0 Å². The average Bonchev–Trinajstić information content (AvgIpc) is 2.89. The lowest BCUT2D eigenvalue weighted by Gasteiger charge is -2.11. The second-order valence-electron chi connectivity index (χ2n) is 4.75. The molecular formula is C16H15NO2S. The predicted octanol–water partition coefficient (Wildman–Crippen LogP) is 2.88. The first-order chi connectivity index (χ1) is 9.74. The van der Waals surface area contributed by atoms with Gasteiger partial charge in [-0.1, -0.05) is 30.4 Å². The van der Waals surface area contributed by atoms with Crippen molar-refractivity contribution in [1.82, 2.24) is 0 Å². The Morgan fingerprint density at radius 3 is 2.70 bits per heavy atom. The summed E-state index contributed by atoms with van der Waals surface area (Å²) in [6, 6.07) is 15.6. The quantitative estimate of drug-likeness (QED) is 0.877. The van der Waals surface area contributed by atoms with Crippen molar-refractivity contribution in [3.63, 3.8) is 0 Å². The number of benzene rings is 2. The maximum absolute atomic E-state index is 5.82. The molecule has 0 fully saturated rings. The molecule has 2 aromatic carbocycles. The van der Waals surface area contributed by atoms with Crippen molar-refractivity contribution < 1.29 is 9.47 Å². The summed E-state index contributed by atoms with van der Waals surface area (Å²) in [5, 5.41) is 0. The summed E-state index contributed by atoms with van der Waals surface area (Å²) in [6.07, 6.45) is 0. The third kappa shape index (κ3) is 2.60. The normalized spacial score (nSPS) is 16.3. The van der Waals surface area contributed by atoms with E-state index in [1.54, 1.807) is 0 Å². The number of hydrogen-bond donors (Lipinski definition) is 1. The molecule has 0 saturated heterocycles. The highest BCUT2D eigenvalue weighted by atomic mass is 32.1. The van der Waals surface area contributed by atoms with Gasteiger partial charge in [-0.25, -0.2) is 0 Å². The Bertz CT molecular complexity index is 625. The predicted molar refractivity (Wildman–Crippen MR) is 82.5 cm³/mol. The molecule has 1 atom stereocenters. The molecule has 3 rings (SSSR count). The Hall–Kier alpha value is -2.07. The van der Waals surface area contributed by atoms with Gasteiger partial charge >= 0.3 is 0 Å². The molecule has 2 aromatic rings.